The summed E-state index contributed by atoms with van der Waals surface area (Å²) >= 11 is 0.289. The van der Waals surface area contributed by atoms with Gasteiger partial charge in [0.1, 0.15) is 0 Å². The number of benzene rings is 23. The van der Waals surface area contributed by atoms with Crippen molar-refractivity contribution in [3.05, 3.63) is 437 Å². The van der Waals surface area contributed by atoms with Gasteiger partial charge in [-0.3, -0.25) is 0 Å². The third kappa shape index (κ3) is 11.3. The average molecular weight is 1650 g/mol. The maximum absolute atomic E-state index is 2.49. The van der Waals surface area contributed by atoms with E-state index in [0.717, 1.165) is 0 Å². The fourth-order valence-electron chi connectivity index (χ4n) is 20.2. The molecule has 0 amide bonds. The van der Waals surface area contributed by atoms with Crippen LogP contribution in [0.5, 0.6) is 0 Å². The monoisotopic (exact) mass is 1650 g/mol. The van der Waals surface area contributed by atoms with Crippen molar-refractivity contribution in [2.24, 2.45) is 0 Å². The second kappa shape index (κ2) is 28.8. The van der Waals surface area contributed by atoms with E-state index in [0.29, 0.717) is 0 Å². The second-order valence-corrected chi connectivity index (χ2v) is 36.1. The van der Waals surface area contributed by atoms with E-state index in [9.17, 15) is 0 Å². The quantitative estimate of drug-likeness (QED) is 0.0998. The molecule has 2 aromatic heterocycles. The van der Waals surface area contributed by atoms with Crippen LogP contribution in [0.1, 0.15) is 0 Å². The van der Waals surface area contributed by atoms with Crippen LogP contribution in [0, 0.1) is 0 Å². The molecule has 2 heteroatoms. The minimum absolute atomic E-state index is 0.138. The summed E-state index contributed by atoms with van der Waals surface area (Å²) in [4.78, 5) is 0. The van der Waals surface area contributed by atoms with Gasteiger partial charge >= 0.3 is 670 Å². The van der Waals surface area contributed by atoms with E-state index in [2.05, 4.69) is 437 Å². The third-order valence-corrected chi connectivity index (χ3v) is 30.4. The van der Waals surface area contributed by atoms with Crippen LogP contribution in [0.3, 0.4) is 0 Å². The van der Waals surface area contributed by atoms with Crippen LogP contribution in [0.25, 0.3) is 246 Å². The Morgan fingerprint density at radius 2 is 0.333 bits per heavy atom. The van der Waals surface area contributed by atoms with E-state index < -0.39 is 0 Å². The summed E-state index contributed by atoms with van der Waals surface area (Å²) in [6.07, 6.45) is 0. The Hall–Kier alpha value is -14.3. The molecule has 0 N–H and O–H groups in total. The molecule has 556 valence electrons. The Morgan fingerprint density at radius 1 is 0.117 bits per heavy atom. The van der Waals surface area contributed by atoms with Crippen molar-refractivity contribution >= 4 is 175 Å². The first-order valence-electron chi connectivity index (χ1n) is 41.4. The van der Waals surface area contributed by atoms with Crippen molar-refractivity contribution in [3.8, 4) is 100 Å². The Labute approximate surface area is 706 Å². The van der Waals surface area contributed by atoms with Gasteiger partial charge in [0.05, 0.1) is 0 Å². The molecular formula is C118H72Se2. The summed E-state index contributed by atoms with van der Waals surface area (Å²) in [5, 5.41) is 31.2. The summed E-state index contributed by atoms with van der Waals surface area (Å²) < 4.78 is 5.83. The van der Waals surface area contributed by atoms with Crippen molar-refractivity contribution < 1.29 is 0 Å². The molecule has 25 rings (SSSR count). The van der Waals surface area contributed by atoms with Crippen LogP contribution >= 0.6 is 0 Å². The Kier molecular flexibility index (Phi) is 16.8. The van der Waals surface area contributed by atoms with Crippen LogP contribution in [-0.4, -0.2) is 29.0 Å². The van der Waals surface area contributed by atoms with Crippen molar-refractivity contribution in [2.45, 2.75) is 0 Å². The predicted octanol–water partition coefficient (Wildman–Crippen LogP) is 32.6. The Morgan fingerprint density at radius 3 is 0.675 bits per heavy atom. The minimum atomic E-state index is 0.138. The molecule has 0 aliphatic heterocycles. The first kappa shape index (κ1) is 70.0. The molecule has 0 atom stereocenters. The van der Waals surface area contributed by atoms with Crippen LogP contribution in [0.15, 0.2) is 437 Å². The topological polar surface area (TPSA) is 0 Å². The summed E-state index contributed by atoms with van der Waals surface area (Å²) in [6, 6.07) is 163. The summed E-state index contributed by atoms with van der Waals surface area (Å²) in [5.74, 6) is 0. The molecule has 0 saturated carbocycles. The molecular weight excluding hydrogens is 1580 g/mol. The van der Waals surface area contributed by atoms with Crippen LogP contribution in [0.4, 0.5) is 0 Å². The third-order valence-electron chi connectivity index (χ3n) is 25.3. The summed E-state index contributed by atoms with van der Waals surface area (Å²) in [7, 11) is 0. The van der Waals surface area contributed by atoms with Gasteiger partial charge in [-0.2, -0.15) is 0 Å². The van der Waals surface area contributed by atoms with Gasteiger partial charge in [0.25, 0.3) is 0 Å². The summed E-state index contributed by atoms with van der Waals surface area (Å²) in [5.41, 5.74) is 23.2. The molecule has 0 aliphatic rings. The van der Waals surface area contributed by atoms with E-state index in [1.54, 1.807) is 0 Å². The SMILES string of the molecule is c1ccc(-c2c3ccccc3c(-c3ccc4[se]c5c(-c6c7ccccc7c(-c7ccc(-c8cccc9ccccc89)cc7)c7ccccc67)cccc5c4c3)c3ccccc23)cc1.c1ccc(-c2c3ccccc3c(-c3ccc4[se]c5c(-c6c7ccccc7c(-c7cccc8ccccc78)c7ccccc67)cccc5c4c3)c3ccccc23)cc1. The standard InChI is InChI=1S/C62H38Se.C56H34Se/c1-2-17-41(18-3-1)58-46-21-6-8-23-48(46)60(49-24-9-7-22-47(49)58)43-36-37-57-56(38-43)54-30-15-31-55(62(54)63-57)61-52-27-12-10-25-50(52)59(51-26-11-13-28-53(51)61)42-34-32-40(33-35-42)45-29-14-19-39-16-4-5-20-44(39)45;1-2-17-36(18-3-1)52-40-21-6-8-23-42(40)53(43-24-9-7-22-41(43)52)37-32-33-51-50(34-37)48-30-15-31-49(56(48)57-51)55-46-27-12-10-25-44(46)54(45-26-11-13-28-47(45)55)39-29-14-19-35-16-4-5-20-38(35)39/h1-38H;1-34H. The van der Waals surface area contributed by atoms with E-state index in [-0.39, 0.29) is 29.0 Å². The zero-order valence-corrected chi connectivity index (χ0v) is 68.8. The molecule has 0 bridgehead atoms. The maximum atomic E-state index is 2.49. The van der Waals surface area contributed by atoms with Crippen molar-refractivity contribution in [1.29, 1.82) is 0 Å². The molecule has 0 unspecified atom stereocenters. The first-order valence-corrected chi connectivity index (χ1v) is 44.9. The van der Waals surface area contributed by atoms with E-state index >= 15 is 0 Å². The molecule has 0 radical (unpaired) electrons. The van der Waals surface area contributed by atoms with Gasteiger partial charge in [-0.25, -0.2) is 0 Å². The zero-order valence-electron chi connectivity index (χ0n) is 65.4. The van der Waals surface area contributed by atoms with Gasteiger partial charge in [0.15, 0.2) is 0 Å². The fraction of sp³-hybridized carbons (Fsp3) is 0. The van der Waals surface area contributed by atoms with Gasteiger partial charge < -0.3 is 0 Å². The van der Waals surface area contributed by atoms with E-state index in [1.165, 1.54) is 246 Å². The zero-order chi connectivity index (χ0) is 78.9. The molecule has 0 spiro atoms. The summed E-state index contributed by atoms with van der Waals surface area (Å²) in [6.45, 7) is 0. The normalized spacial score (nSPS) is 11.8. The molecule has 120 heavy (non-hydrogen) atoms. The van der Waals surface area contributed by atoms with Gasteiger partial charge in [-0.1, -0.05) is 36.4 Å². The van der Waals surface area contributed by atoms with Gasteiger partial charge in [0, 0.05) is 0 Å². The van der Waals surface area contributed by atoms with Crippen LogP contribution < -0.4 is 0 Å². The van der Waals surface area contributed by atoms with Crippen molar-refractivity contribution in [2.75, 3.05) is 0 Å². The molecule has 25 aromatic rings. The van der Waals surface area contributed by atoms with Crippen molar-refractivity contribution in [3.63, 3.8) is 0 Å². The Balaban J connectivity index is 0.000000137. The second-order valence-electron chi connectivity index (χ2n) is 31.7. The molecule has 2 heterocycles. The predicted molar refractivity (Wildman–Crippen MR) is 521 cm³/mol. The number of rotatable bonds is 9. The fourth-order valence-corrected chi connectivity index (χ4v) is 25.2. The average Bonchev–Trinajstić information content (AvgIpc) is 1.20. The number of hydrogen-bond donors (Lipinski definition) is 0. The molecule has 0 nitrogen and oxygen atoms in total. The van der Waals surface area contributed by atoms with E-state index in [1.807, 2.05) is 0 Å². The van der Waals surface area contributed by atoms with Crippen molar-refractivity contribution in [1.82, 2.24) is 0 Å². The first-order chi connectivity index (χ1) is 59.6. The Bertz CT molecular complexity index is 8280. The van der Waals surface area contributed by atoms with Crippen LogP contribution in [-0.2, 0) is 0 Å². The van der Waals surface area contributed by atoms with Gasteiger partial charge in [-0.05, 0) is 5.39 Å². The number of hydrogen-bond acceptors (Lipinski definition) is 0. The molecule has 0 aliphatic carbocycles. The molecule has 0 saturated heterocycles. The number of fused-ring (bicyclic) bond motifs is 16. The van der Waals surface area contributed by atoms with Gasteiger partial charge in [0.2, 0.25) is 0 Å². The van der Waals surface area contributed by atoms with Gasteiger partial charge in [-0.15, -0.1) is 0 Å². The van der Waals surface area contributed by atoms with Crippen LogP contribution in [0.2, 0.25) is 0 Å². The molecule has 0 fully saturated rings. The van der Waals surface area contributed by atoms with E-state index in [4.69, 9.17) is 0 Å². The molecule has 23 aromatic carbocycles.